The average Bonchev–Trinajstić information content (AvgIpc) is 2.83. The van der Waals surface area contributed by atoms with Gasteiger partial charge in [0.05, 0.1) is 13.2 Å². The molecular weight excluding hydrogens is 402 g/mol. The lowest BCUT2D eigenvalue weighted by atomic mass is 9.92. The Morgan fingerprint density at radius 1 is 1.19 bits per heavy atom. The van der Waals surface area contributed by atoms with Gasteiger partial charge < -0.3 is 25.4 Å². The zero-order valence-electron chi connectivity index (χ0n) is 19.2. The van der Waals surface area contributed by atoms with Crippen molar-refractivity contribution in [2.75, 3.05) is 32.1 Å². The molecule has 0 saturated carbocycles. The molecule has 170 valence electrons. The summed E-state index contributed by atoms with van der Waals surface area (Å²) in [5.41, 5.74) is 10.2. The third-order valence-electron chi connectivity index (χ3n) is 6.43. The molecule has 0 aliphatic carbocycles. The van der Waals surface area contributed by atoms with Crippen molar-refractivity contribution in [3.05, 3.63) is 47.7 Å². The summed E-state index contributed by atoms with van der Waals surface area (Å²) in [4.78, 5) is 11.6. The van der Waals surface area contributed by atoms with E-state index in [-0.39, 0.29) is 0 Å². The number of ether oxygens (including phenoxy) is 2. The molecule has 1 fully saturated rings. The molecule has 7 nitrogen and oxygen atoms in total. The van der Waals surface area contributed by atoms with Crippen LogP contribution in [0.5, 0.6) is 17.5 Å². The van der Waals surface area contributed by atoms with Crippen molar-refractivity contribution in [2.45, 2.75) is 44.7 Å². The summed E-state index contributed by atoms with van der Waals surface area (Å²) in [7, 11) is 3.74. The van der Waals surface area contributed by atoms with Gasteiger partial charge >= 0.3 is 0 Å². The van der Waals surface area contributed by atoms with Crippen molar-refractivity contribution in [1.29, 1.82) is 0 Å². The summed E-state index contributed by atoms with van der Waals surface area (Å²) < 4.78 is 11.7. The number of fused-ring (bicyclic) bond motifs is 1. The zero-order valence-corrected chi connectivity index (χ0v) is 19.2. The molecule has 32 heavy (non-hydrogen) atoms. The summed E-state index contributed by atoms with van der Waals surface area (Å²) in [5.74, 6) is 1.80. The second-order valence-corrected chi connectivity index (χ2v) is 8.44. The predicted octanol–water partition coefficient (Wildman–Crippen LogP) is 3.78. The Morgan fingerprint density at radius 2 is 1.97 bits per heavy atom. The number of anilines is 1. The Hall–Kier alpha value is -3.06. The minimum absolute atomic E-state index is 0.320. The quantitative estimate of drug-likeness (QED) is 0.672. The van der Waals surface area contributed by atoms with E-state index in [1.54, 1.807) is 19.4 Å². The van der Waals surface area contributed by atoms with Crippen molar-refractivity contribution in [3.8, 4) is 17.5 Å². The fraction of sp³-hybridized carbons (Fsp3) is 0.440. The Labute approximate surface area is 190 Å². The molecule has 0 bridgehead atoms. The van der Waals surface area contributed by atoms with E-state index in [4.69, 9.17) is 20.2 Å². The summed E-state index contributed by atoms with van der Waals surface area (Å²) >= 11 is 0. The van der Waals surface area contributed by atoms with Crippen LogP contribution < -0.4 is 25.4 Å². The minimum atomic E-state index is 0.320. The van der Waals surface area contributed by atoms with E-state index in [1.165, 1.54) is 11.3 Å². The van der Waals surface area contributed by atoms with Gasteiger partial charge in [-0.2, -0.15) is 4.98 Å². The number of hydrogen-bond acceptors (Lipinski definition) is 7. The largest absolute Gasteiger partial charge is 0.481 e. The third kappa shape index (κ3) is 4.72. The SMILES string of the molecule is COc1cccc(Oc2c(C(C=NC3CCNCC3)=CN)ccc3c2CCC(C)N3C)n1. The molecular formula is C25H33N5O2. The molecule has 1 unspecified atom stereocenters. The van der Waals surface area contributed by atoms with Gasteiger partial charge in [0.25, 0.3) is 0 Å². The lowest BCUT2D eigenvalue weighted by molar-refractivity contribution is 0.382. The lowest BCUT2D eigenvalue weighted by Gasteiger charge is -2.35. The Bertz CT molecular complexity index is 998. The second-order valence-electron chi connectivity index (χ2n) is 8.44. The molecule has 0 spiro atoms. The van der Waals surface area contributed by atoms with E-state index in [0.717, 1.165) is 55.7 Å². The maximum atomic E-state index is 6.42. The topological polar surface area (TPSA) is 85.0 Å². The standard InChI is InChI=1S/C25H33N5O2/c1-17-7-8-21-22(30(17)2)10-9-20(18(15-26)16-28-19-11-13-27-14-12-19)25(21)32-24-6-4-5-23(29-24)31-3/h4-6,9-10,15-17,19,27H,7-8,11-14,26H2,1-3H3. The highest BCUT2D eigenvalue weighted by Crippen LogP contribution is 2.42. The highest BCUT2D eigenvalue weighted by molar-refractivity contribution is 6.11. The van der Waals surface area contributed by atoms with Gasteiger partial charge in [0.1, 0.15) is 5.75 Å². The van der Waals surface area contributed by atoms with Gasteiger partial charge in [-0.25, -0.2) is 0 Å². The van der Waals surface area contributed by atoms with Crippen LogP contribution in [0, 0.1) is 0 Å². The number of hydrogen-bond donors (Lipinski definition) is 2. The van der Waals surface area contributed by atoms with E-state index >= 15 is 0 Å². The van der Waals surface area contributed by atoms with E-state index in [0.29, 0.717) is 23.8 Å². The normalized spacial score (nSPS) is 19.8. The van der Waals surface area contributed by atoms with Gasteiger partial charge in [-0.3, -0.25) is 4.99 Å². The van der Waals surface area contributed by atoms with Gasteiger partial charge in [0, 0.05) is 60.0 Å². The van der Waals surface area contributed by atoms with Crippen LogP contribution in [0.4, 0.5) is 5.69 Å². The molecule has 4 rings (SSSR count). The number of rotatable bonds is 6. The number of benzene rings is 1. The average molecular weight is 436 g/mol. The molecule has 1 saturated heterocycles. The van der Waals surface area contributed by atoms with Crippen LogP contribution in [0.1, 0.15) is 37.3 Å². The number of aromatic nitrogens is 1. The highest BCUT2D eigenvalue weighted by atomic mass is 16.5. The summed E-state index contributed by atoms with van der Waals surface area (Å²) in [6.07, 6.45) is 7.58. The highest BCUT2D eigenvalue weighted by Gasteiger charge is 2.26. The molecule has 2 aliphatic heterocycles. The van der Waals surface area contributed by atoms with Crippen LogP contribution in [0.25, 0.3) is 5.57 Å². The number of nitrogens with zero attached hydrogens (tertiary/aromatic N) is 3. The van der Waals surface area contributed by atoms with E-state index in [9.17, 15) is 0 Å². The van der Waals surface area contributed by atoms with Gasteiger partial charge in [-0.05, 0) is 57.8 Å². The van der Waals surface area contributed by atoms with Crippen LogP contribution in [0.2, 0.25) is 0 Å². The van der Waals surface area contributed by atoms with Crippen LogP contribution in [0.3, 0.4) is 0 Å². The van der Waals surface area contributed by atoms with Gasteiger partial charge in [-0.15, -0.1) is 0 Å². The maximum absolute atomic E-state index is 6.42. The van der Waals surface area contributed by atoms with Gasteiger partial charge in [0.15, 0.2) is 0 Å². The van der Waals surface area contributed by atoms with Crippen molar-refractivity contribution in [2.24, 2.45) is 10.7 Å². The molecule has 1 atom stereocenters. The fourth-order valence-corrected chi connectivity index (χ4v) is 4.33. The zero-order chi connectivity index (χ0) is 22.5. The lowest BCUT2D eigenvalue weighted by Crippen LogP contribution is -2.33. The monoisotopic (exact) mass is 435 g/mol. The number of aliphatic imine (C=N–C) groups is 1. The summed E-state index contributed by atoms with van der Waals surface area (Å²) in [6.45, 7) is 4.25. The van der Waals surface area contributed by atoms with Gasteiger partial charge in [-0.1, -0.05) is 6.07 Å². The summed E-state index contributed by atoms with van der Waals surface area (Å²) in [6, 6.07) is 10.6. The van der Waals surface area contributed by atoms with Crippen molar-refractivity contribution in [3.63, 3.8) is 0 Å². The second kappa shape index (κ2) is 10.0. The Kier molecular flexibility index (Phi) is 6.95. The van der Waals surface area contributed by atoms with Crippen LogP contribution in [-0.4, -0.2) is 50.5 Å². The predicted molar refractivity (Wildman–Crippen MR) is 130 cm³/mol. The first-order valence-electron chi connectivity index (χ1n) is 11.3. The number of allylic oxidation sites excluding steroid dienone is 1. The third-order valence-corrected chi connectivity index (χ3v) is 6.43. The first-order chi connectivity index (χ1) is 15.6. The summed E-state index contributed by atoms with van der Waals surface area (Å²) in [5, 5.41) is 3.38. The number of nitrogens with two attached hydrogens (primary N) is 1. The van der Waals surface area contributed by atoms with E-state index in [1.807, 2.05) is 18.3 Å². The molecule has 7 heteroatoms. The Balaban J connectivity index is 1.74. The van der Waals surface area contributed by atoms with Crippen molar-refractivity contribution in [1.82, 2.24) is 10.3 Å². The van der Waals surface area contributed by atoms with Crippen molar-refractivity contribution < 1.29 is 9.47 Å². The Morgan fingerprint density at radius 3 is 2.72 bits per heavy atom. The molecule has 1 aromatic carbocycles. The molecule has 3 heterocycles. The number of piperidine rings is 1. The molecule has 1 aromatic heterocycles. The first-order valence-corrected chi connectivity index (χ1v) is 11.3. The van der Waals surface area contributed by atoms with Crippen LogP contribution in [-0.2, 0) is 6.42 Å². The minimum Gasteiger partial charge on any atom is -0.481 e. The molecule has 0 radical (unpaired) electrons. The smallest absolute Gasteiger partial charge is 0.222 e. The van der Waals surface area contributed by atoms with Crippen LogP contribution in [0.15, 0.2) is 41.5 Å². The first kappa shape index (κ1) is 22.1. The van der Waals surface area contributed by atoms with Crippen LogP contribution >= 0.6 is 0 Å². The van der Waals surface area contributed by atoms with Gasteiger partial charge in [0.2, 0.25) is 11.8 Å². The number of nitrogens with one attached hydrogen (secondary N) is 1. The van der Waals surface area contributed by atoms with E-state index < -0.39 is 0 Å². The van der Waals surface area contributed by atoms with Crippen molar-refractivity contribution >= 4 is 17.5 Å². The maximum Gasteiger partial charge on any atom is 0.222 e. The fourth-order valence-electron chi connectivity index (χ4n) is 4.33. The number of pyridine rings is 1. The van der Waals surface area contributed by atoms with E-state index in [2.05, 4.69) is 41.3 Å². The molecule has 0 amide bonds. The number of methoxy groups -OCH3 is 1. The molecule has 3 N–H and O–H groups in total. The molecule has 2 aliphatic rings. The molecule has 2 aromatic rings.